The lowest BCUT2D eigenvalue weighted by Crippen LogP contribution is -2.20. The summed E-state index contributed by atoms with van der Waals surface area (Å²) in [4.78, 5) is 15.8. The van der Waals surface area contributed by atoms with E-state index in [1.54, 1.807) is 31.0 Å². The van der Waals surface area contributed by atoms with Gasteiger partial charge >= 0.3 is 0 Å². The van der Waals surface area contributed by atoms with Crippen LogP contribution < -0.4 is 14.2 Å². The van der Waals surface area contributed by atoms with Crippen molar-refractivity contribution in [2.75, 3.05) is 40.3 Å². The van der Waals surface area contributed by atoms with Crippen LogP contribution in [-0.4, -0.2) is 51.0 Å². The Labute approximate surface area is 163 Å². The number of carbonyl (C=O) groups is 1. The summed E-state index contributed by atoms with van der Waals surface area (Å²) in [5.74, 6) is 2.58. The maximum atomic E-state index is 12.8. The summed E-state index contributed by atoms with van der Waals surface area (Å²) in [5, 5.41) is 0. The van der Waals surface area contributed by atoms with Gasteiger partial charge in [-0.3, -0.25) is 4.79 Å². The smallest absolute Gasteiger partial charge is 0.189 e. The SMILES string of the molecule is COc1ccc(C=CC(=O)c2cc3c(cc2OCCN(C)C)OCS3)cc1. The normalized spacial score (nSPS) is 12.9. The highest BCUT2D eigenvalue weighted by molar-refractivity contribution is 7.99. The van der Waals surface area contributed by atoms with E-state index in [4.69, 9.17) is 14.2 Å². The molecule has 5 nitrogen and oxygen atoms in total. The standard InChI is InChI=1S/C21H23NO4S/c1-22(2)10-11-25-19-13-20-21(27-14-26-20)12-17(19)18(23)9-6-15-4-7-16(24-3)8-5-15/h4-9,12-13H,10-11,14H2,1-3H3. The second kappa shape index (κ2) is 8.97. The Bertz CT molecular complexity index is 831. The Morgan fingerprint density at radius 3 is 2.74 bits per heavy atom. The van der Waals surface area contributed by atoms with Crippen molar-refractivity contribution in [3.05, 3.63) is 53.6 Å². The van der Waals surface area contributed by atoms with Crippen molar-refractivity contribution in [3.63, 3.8) is 0 Å². The zero-order chi connectivity index (χ0) is 19.2. The van der Waals surface area contributed by atoms with Crippen molar-refractivity contribution in [1.29, 1.82) is 0 Å². The van der Waals surface area contributed by atoms with E-state index in [1.165, 1.54) is 0 Å². The van der Waals surface area contributed by atoms with Crippen LogP contribution in [0.2, 0.25) is 0 Å². The number of ketones is 1. The quantitative estimate of drug-likeness (QED) is 0.506. The molecule has 1 aliphatic heterocycles. The molecule has 2 aromatic rings. The van der Waals surface area contributed by atoms with Crippen LogP contribution in [0.15, 0.2) is 47.4 Å². The molecule has 0 aliphatic carbocycles. The van der Waals surface area contributed by atoms with Crippen molar-refractivity contribution < 1.29 is 19.0 Å². The minimum absolute atomic E-state index is 0.0963. The van der Waals surface area contributed by atoms with Gasteiger partial charge in [-0.2, -0.15) is 0 Å². The number of hydrogen-bond donors (Lipinski definition) is 0. The maximum absolute atomic E-state index is 12.8. The number of ether oxygens (including phenoxy) is 3. The predicted molar refractivity (Wildman–Crippen MR) is 108 cm³/mol. The van der Waals surface area contributed by atoms with Crippen LogP contribution in [0.3, 0.4) is 0 Å². The minimum atomic E-state index is -0.0963. The average Bonchev–Trinajstić information content (AvgIpc) is 3.13. The first kappa shape index (κ1) is 19.3. The molecule has 0 amide bonds. The highest BCUT2D eigenvalue weighted by Crippen LogP contribution is 2.40. The van der Waals surface area contributed by atoms with E-state index in [2.05, 4.69) is 0 Å². The van der Waals surface area contributed by atoms with E-state index in [0.29, 0.717) is 23.9 Å². The topological polar surface area (TPSA) is 48.0 Å². The van der Waals surface area contributed by atoms with Crippen molar-refractivity contribution in [2.24, 2.45) is 0 Å². The third-order valence-corrected chi connectivity index (χ3v) is 4.95. The molecular formula is C21H23NO4S. The fourth-order valence-corrected chi connectivity index (χ4v) is 3.32. The number of likely N-dealkylation sites (N-methyl/N-ethyl adjacent to an activating group) is 1. The largest absolute Gasteiger partial charge is 0.497 e. The number of benzene rings is 2. The molecule has 0 fully saturated rings. The number of carbonyl (C=O) groups excluding carboxylic acids is 1. The molecule has 0 saturated heterocycles. The Balaban J connectivity index is 1.80. The van der Waals surface area contributed by atoms with Gasteiger partial charge in [-0.15, -0.1) is 0 Å². The van der Waals surface area contributed by atoms with Crippen LogP contribution in [0.25, 0.3) is 6.08 Å². The monoisotopic (exact) mass is 385 g/mol. The lowest BCUT2D eigenvalue weighted by molar-refractivity contribution is 0.104. The number of hydrogen-bond acceptors (Lipinski definition) is 6. The Morgan fingerprint density at radius 2 is 2.04 bits per heavy atom. The Hall–Kier alpha value is -2.44. The molecule has 6 heteroatoms. The van der Waals surface area contributed by atoms with Crippen LogP contribution in [-0.2, 0) is 0 Å². The molecule has 0 atom stereocenters. The number of fused-ring (bicyclic) bond motifs is 1. The van der Waals surface area contributed by atoms with Crippen molar-refractivity contribution in [1.82, 2.24) is 4.90 Å². The van der Waals surface area contributed by atoms with Crippen LogP contribution in [0, 0.1) is 0 Å². The number of rotatable bonds is 8. The molecule has 0 N–H and O–H groups in total. The van der Waals surface area contributed by atoms with Gasteiger partial charge in [0.25, 0.3) is 0 Å². The first-order valence-electron chi connectivity index (χ1n) is 8.64. The van der Waals surface area contributed by atoms with E-state index in [1.807, 2.05) is 55.4 Å². The first-order chi connectivity index (χ1) is 13.1. The zero-order valence-electron chi connectivity index (χ0n) is 15.7. The van der Waals surface area contributed by atoms with Gasteiger partial charge in [-0.1, -0.05) is 30.0 Å². The summed E-state index contributed by atoms with van der Waals surface area (Å²) in [5.41, 5.74) is 1.48. The van der Waals surface area contributed by atoms with Crippen LogP contribution in [0.5, 0.6) is 17.2 Å². The van der Waals surface area contributed by atoms with Crippen molar-refractivity contribution >= 4 is 23.6 Å². The van der Waals surface area contributed by atoms with E-state index < -0.39 is 0 Å². The summed E-state index contributed by atoms with van der Waals surface area (Å²) in [6.45, 7) is 1.27. The lowest BCUT2D eigenvalue weighted by Gasteiger charge is -2.14. The third kappa shape index (κ3) is 5.05. The van der Waals surface area contributed by atoms with Gasteiger partial charge in [0, 0.05) is 12.6 Å². The van der Waals surface area contributed by atoms with Gasteiger partial charge in [0.1, 0.15) is 29.8 Å². The van der Waals surface area contributed by atoms with Gasteiger partial charge in [0.15, 0.2) is 5.78 Å². The number of allylic oxidation sites excluding steroid dienone is 1. The van der Waals surface area contributed by atoms with Gasteiger partial charge in [0.05, 0.1) is 17.6 Å². The fraction of sp³-hybridized carbons (Fsp3) is 0.286. The molecular weight excluding hydrogens is 362 g/mol. The van der Waals surface area contributed by atoms with E-state index in [-0.39, 0.29) is 5.78 Å². The molecule has 0 spiro atoms. The van der Waals surface area contributed by atoms with Gasteiger partial charge in [-0.25, -0.2) is 0 Å². The molecule has 0 unspecified atom stereocenters. The summed E-state index contributed by atoms with van der Waals surface area (Å²) in [7, 11) is 5.59. The molecule has 27 heavy (non-hydrogen) atoms. The Kier molecular flexibility index (Phi) is 6.42. The highest BCUT2D eigenvalue weighted by atomic mass is 32.2. The van der Waals surface area contributed by atoms with Gasteiger partial charge in [-0.05, 0) is 43.9 Å². The average molecular weight is 385 g/mol. The summed E-state index contributed by atoms with van der Waals surface area (Å²) >= 11 is 1.58. The third-order valence-electron chi connectivity index (χ3n) is 4.08. The lowest BCUT2D eigenvalue weighted by atomic mass is 10.1. The van der Waals surface area contributed by atoms with E-state index >= 15 is 0 Å². The van der Waals surface area contributed by atoms with Crippen LogP contribution >= 0.6 is 11.8 Å². The second-order valence-corrected chi connectivity index (χ2v) is 7.29. The summed E-state index contributed by atoms with van der Waals surface area (Å²) in [6, 6.07) is 11.2. The van der Waals surface area contributed by atoms with Crippen molar-refractivity contribution in [2.45, 2.75) is 4.90 Å². The molecule has 0 bridgehead atoms. The molecule has 1 aliphatic rings. The highest BCUT2D eigenvalue weighted by Gasteiger charge is 2.20. The maximum Gasteiger partial charge on any atom is 0.189 e. The van der Waals surface area contributed by atoms with E-state index in [0.717, 1.165) is 28.5 Å². The number of thioether (sulfide) groups is 1. The molecule has 142 valence electrons. The fourth-order valence-electron chi connectivity index (χ4n) is 2.55. The summed E-state index contributed by atoms with van der Waals surface area (Å²) in [6.07, 6.45) is 3.37. The predicted octanol–water partition coefficient (Wildman–Crippen LogP) is 3.97. The zero-order valence-corrected chi connectivity index (χ0v) is 16.5. The molecule has 1 heterocycles. The molecule has 0 saturated carbocycles. The Morgan fingerprint density at radius 1 is 1.26 bits per heavy atom. The molecule has 0 aromatic heterocycles. The van der Waals surface area contributed by atoms with Gasteiger partial charge < -0.3 is 19.1 Å². The van der Waals surface area contributed by atoms with Crippen LogP contribution in [0.4, 0.5) is 0 Å². The van der Waals surface area contributed by atoms with Crippen LogP contribution in [0.1, 0.15) is 15.9 Å². The summed E-state index contributed by atoms with van der Waals surface area (Å²) < 4.78 is 16.6. The molecule has 0 radical (unpaired) electrons. The van der Waals surface area contributed by atoms with E-state index in [9.17, 15) is 4.79 Å². The second-order valence-electron chi connectivity index (χ2n) is 6.32. The van der Waals surface area contributed by atoms with Crippen molar-refractivity contribution in [3.8, 4) is 17.2 Å². The van der Waals surface area contributed by atoms with Gasteiger partial charge in [0.2, 0.25) is 0 Å². The molecule has 3 rings (SSSR count). The minimum Gasteiger partial charge on any atom is -0.497 e. The number of methoxy groups -OCH3 is 1. The first-order valence-corrected chi connectivity index (χ1v) is 9.63. The molecule has 2 aromatic carbocycles. The number of nitrogens with zero attached hydrogens (tertiary/aromatic N) is 1.